The van der Waals surface area contributed by atoms with Gasteiger partial charge in [-0.15, -0.1) is 0 Å². The monoisotopic (exact) mass is 395 g/mol. The number of hydrogen-bond donors (Lipinski definition) is 0. The van der Waals surface area contributed by atoms with E-state index in [0.717, 1.165) is 35.8 Å². The highest BCUT2D eigenvalue weighted by Gasteiger charge is 2.24. The second-order valence-electron chi connectivity index (χ2n) is 7.44. The zero-order chi connectivity index (χ0) is 21.0. The molecule has 2 aromatic carbocycles. The van der Waals surface area contributed by atoms with Crippen molar-refractivity contribution in [1.29, 1.82) is 0 Å². The third kappa shape index (κ3) is 4.88. The molecule has 29 heavy (non-hydrogen) atoms. The van der Waals surface area contributed by atoms with Gasteiger partial charge in [-0.3, -0.25) is 9.59 Å². The maximum Gasteiger partial charge on any atom is 0.242 e. The van der Waals surface area contributed by atoms with Gasteiger partial charge in [0.15, 0.2) is 0 Å². The minimum atomic E-state index is -0.126. The Kier molecular flexibility index (Phi) is 6.42. The molecule has 0 N–H and O–H groups in total. The smallest absolute Gasteiger partial charge is 0.242 e. The fourth-order valence-electron chi connectivity index (χ4n) is 3.52. The maximum absolute atomic E-state index is 12.9. The van der Waals surface area contributed by atoms with Crippen molar-refractivity contribution in [1.82, 2.24) is 4.90 Å². The number of methoxy groups -OCH3 is 1. The second kappa shape index (κ2) is 8.99. The first-order valence-corrected chi connectivity index (χ1v) is 9.91. The molecule has 0 bridgehead atoms. The number of carbonyl (C=O) groups excluding carboxylic acids is 2. The van der Waals surface area contributed by atoms with Crippen LogP contribution in [0.5, 0.6) is 5.75 Å². The molecule has 1 heterocycles. The standard InChI is InChI=1S/C23H29N3O3/c1-17-5-6-21(15-18(17)2)26(19(3)27)16-23(28)25-13-11-24(12-14-25)20-7-9-22(29-4)10-8-20/h5-10,15H,11-14,16H2,1-4H3. The number of aryl methyl sites for hydroxylation is 2. The van der Waals surface area contributed by atoms with E-state index in [9.17, 15) is 9.59 Å². The fourth-order valence-corrected chi connectivity index (χ4v) is 3.52. The first kappa shape index (κ1) is 20.7. The van der Waals surface area contributed by atoms with Gasteiger partial charge in [-0.05, 0) is 61.4 Å². The van der Waals surface area contributed by atoms with Gasteiger partial charge in [-0.1, -0.05) is 6.07 Å². The van der Waals surface area contributed by atoms with E-state index < -0.39 is 0 Å². The van der Waals surface area contributed by atoms with Gasteiger partial charge in [0.05, 0.1) is 7.11 Å². The molecule has 6 nitrogen and oxygen atoms in total. The molecular formula is C23H29N3O3. The zero-order valence-electron chi connectivity index (χ0n) is 17.6. The lowest BCUT2D eigenvalue weighted by molar-refractivity contribution is -0.131. The van der Waals surface area contributed by atoms with Crippen LogP contribution in [-0.4, -0.2) is 56.5 Å². The van der Waals surface area contributed by atoms with Crippen LogP contribution in [0.15, 0.2) is 42.5 Å². The molecule has 0 atom stereocenters. The van der Waals surface area contributed by atoms with Gasteiger partial charge in [-0.2, -0.15) is 0 Å². The average molecular weight is 396 g/mol. The molecule has 1 aliphatic rings. The molecule has 0 radical (unpaired) electrons. The summed E-state index contributed by atoms with van der Waals surface area (Å²) < 4.78 is 5.21. The van der Waals surface area contributed by atoms with Crippen molar-refractivity contribution < 1.29 is 14.3 Å². The fraction of sp³-hybridized carbons (Fsp3) is 0.391. The Morgan fingerprint density at radius 2 is 1.62 bits per heavy atom. The van der Waals surface area contributed by atoms with Crippen LogP contribution >= 0.6 is 0 Å². The van der Waals surface area contributed by atoms with E-state index in [-0.39, 0.29) is 18.4 Å². The normalized spacial score (nSPS) is 13.9. The Hall–Kier alpha value is -3.02. The molecule has 3 rings (SSSR count). The van der Waals surface area contributed by atoms with Crippen LogP contribution in [0.2, 0.25) is 0 Å². The highest BCUT2D eigenvalue weighted by atomic mass is 16.5. The first-order chi connectivity index (χ1) is 13.9. The zero-order valence-corrected chi connectivity index (χ0v) is 17.6. The highest BCUT2D eigenvalue weighted by Crippen LogP contribution is 2.22. The van der Waals surface area contributed by atoms with E-state index in [1.165, 1.54) is 12.5 Å². The van der Waals surface area contributed by atoms with E-state index in [4.69, 9.17) is 4.74 Å². The number of nitrogens with zero attached hydrogens (tertiary/aromatic N) is 3. The summed E-state index contributed by atoms with van der Waals surface area (Å²) in [5.74, 6) is 0.685. The van der Waals surface area contributed by atoms with Crippen LogP contribution in [0.25, 0.3) is 0 Å². The summed E-state index contributed by atoms with van der Waals surface area (Å²) in [6, 6.07) is 13.8. The topological polar surface area (TPSA) is 53.1 Å². The Morgan fingerprint density at radius 1 is 0.966 bits per heavy atom. The average Bonchev–Trinajstić information content (AvgIpc) is 2.74. The number of hydrogen-bond acceptors (Lipinski definition) is 4. The molecule has 0 spiro atoms. The molecule has 0 aliphatic carbocycles. The lowest BCUT2D eigenvalue weighted by atomic mass is 10.1. The summed E-state index contributed by atoms with van der Waals surface area (Å²) in [7, 11) is 1.65. The van der Waals surface area contributed by atoms with Crippen molar-refractivity contribution in [3.63, 3.8) is 0 Å². The van der Waals surface area contributed by atoms with Gasteiger partial charge in [0, 0.05) is 44.5 Å². The van der Waals surface area contributed by atoms with Crippen LogP contribution in [-0.2, 0) is 9.59 Å². The minimum absolute atomic E-state index is 0.0205. The molecule has 2 amide bonds. The maximum atomic E-state index is 12.9. The lowest BCUT2D eigenvalue weighted by Crippen LogP contribution is -2.51. The van der Waals surface area contributed by atoms with Crippen molar-refractivity contribution in [2.24, 2.45) is 0 Å². The summed E-state index contributed by atoms with van der Waals surface area (Å²) in [5, 5.41) is 0. The number of anilines is 2. The summed E-state index contributed by atoms with van der Waals surface area (Å²) in [6.45, 7) is 8.43. The Labute approximate surface area is 172 Å². The van der Waals surface area contributed by atoms with Crippen LogP contribution in [0.4, 0.5) is 11.4 Å². The van der Waals surface area contributed by atoms with Gasteiger partial charge < -0.3 is 19.4 Å². The second-order valence-corrected chi connectivity index (χ2v) is 7.44. The van der Waals surface area contributed by atoms with Crippen molar-refractivity contribution >= 4 is 23.2 Å². The molecule has 2 aromatic rings. The van der Waals surface area contributed by atoms with E-state index >= 15 is 0 Å². The summed E-state index contributed by atoms with van der Waals surface area (Å²) >= 11 is 0. The van der Waals surface area contributed by atoms with Crippen LogP contribution in [0.3, 0.4) is 0 Å². The molecule has 0 aromatic heterocycles. The molecule has 0 saturated carbocycles. The SMILES string of the molecule is COc1ccc(N2CCN(C(=O)CN(C(C)=O)c3ccc(C)c(C)c3)CC2)cc1. The van der Waals surface area contributed by atoms with Gasteiger partial charge in [0.1, 0.15) is 12.3 Å². The molecule has 6 heteroatoms. The van der Waals surface area contributed by atoms with Gasteiger partial charge in [-0.25, -0.2) is 0 Å². The Balaban J connectivity index is 1.61. The van der Waals surface area contributed by atoms with Gasteiger partial charge >= 0.3 is 0 Å². The van der Waals surface area contributed by atoms with Gasteiger partial charge in [0.2, 0.25) is 11.8 Å². The van der Waals surface area contributed by atoms with E-state index in [0.29, 0.717) is 13.1 Å². The number of amides is 2. The third-order valence-corrected chi connectivity index (χ3v) is 5.55. The number of carbonyl (C=O) groups is 2. The lowest BCUT2D eigenvalue weighted by Gasteiger charge is -2.37. The number of ether oxygens (including phenoxy) is 1. The van der Waals surface area contributed by atoms with Gasteiger partial charge in [0.25, 0.3) is 0 Å². The Morgan fingerprint density at radius 3 is 2.17 bits per heavy atom. The van der Waals surface area contributed by atoms with Crippen molar-refractivity contribution in [2.45, 2.75) is 20.8 Å². The van der Waals surface area contributed by atoms with Crippen molar-refractivity contribution in [2.75, 3.05) is 49.6 Å². The van der Waals surface area contributed by atoms with E-state index in [1.54, 1.807) is 12.0 Å². The predicted octanol–water partition coefficient (Wildman–Crippen LogP) is 3.01. The van der Waals surface area contributed by atoms with E-state index in [1.807, 2.05) is 61.2 Å². The van der Waals surface area contributed by atoms with Crippen molar-refractivity contribution in [3.8, 4) is 5.75 Å². The number of benzene rings is 2. The molecular weight excluding hydrogens is 366 g/mol. The third-order valence-electron chi connectivity index (χ3n) is 5.55. The summed E-state index contributed by atoms with van der Waals surface area (Å²) in [6.07, 6.45) is 0. The molecule has 154 valence electrons. The highest BCUT2D eigenvalue weighted by molar-refractivity contribution is 5.97. The van der Waals surface area contributed by atoms with Crippen molar-refractivity contribution in [3.05, 3.63) is 53.6 Å². The largest absolute Gasteiger partial charge is 0.497 e. The first-order valence-electron chi connectivity index (χ1n) is 9.91. The molecule has 1 saturated heterocycles. The van der Waals surface area contributed by atoms with Crippen LogP contribution in [0.1, 0.15) is 18.1 Å². The molecule has 1 fully saturated rings. The molecule has 1 aliphatic heterocycles. The predicted molar refractivity (Wildman–Crippen MR) is 116 cm³/mol. The van der Waals surface area contributed by atoms with Crippen LogP contribution in [0, 0.1) is 13.8 Å². The quantitative estimate of drug-likeness (QED) is 0.781. The van der Waals surface area contributed by atoms with E-state index in [2.05, 4.69) is 4.90 Å². The number of rotatable bonds is 5. The summed E-state index contributed by atoms with van der Waals surface area (Å²) in [4.78, 5) is 30.7. The molecule has 0 unspecified atom stereocenters. The number of piperazine rings is 1. The summed E-state index contributed by atoms with van der Waals surface area (Å²) in [5.41, 5.74) is 4.16. The van der Waals surface area contributed by atoms with Crippen LogP contribution < -0.4 is 14.5 Å². The minimum Gasteiger partial charge on any atom is -0.497 e. The Bertz CT molecular complexity index is 871.